The molecule has 2 aromatic rings. The highest BCUT2D eigenvalue weighted by Crippen LogP contribution is 2.50. The lowest BCUT2D eigenvalue weighted by atomic mass is 9.60. The SMILES string of the molecule is [C-]#[N+]C1CC2(CCN(C(=O)c3ccc4c(c3)N(CC)CCN(C[C@H](O)[C@@H]3Cc5ccccc5CN3)C4=O)CC2)C1. The van der Waals surface area contributed by atoms with Crippen LogP contribution >= 0.6 is 0 Å². The number of carbonyl (C=O) groups is 2. The second kappa shape index (κ2) is 10.9. The van der Waals surface area contributed by atoms with Gasteiger partial charge in [0.1, 0.15) is 0 Å². The van der Waals surface area contributed by atoms with Crippen LogP contribution in [-0.4, -0.2) is 84.2 Å². The van der Waals surface area contributed by atoms with Gasteiger partial charge in [0.25, 0.3) is 11.8 Å². The number of piperidine rings is 1. The Morgan fingerprint density at radius 3 is 2.55 bits per heavy atom. The van der Waals surface area contributed by atoms with Crippen LogP contribution in [0.25, 0.3) is 4.85 Å². The minimum atomic E-state index is -0.682. The number of carbonyl (C=O) groups excluding carboxylic acids is 2. The van der Waals surface area contributed by atoms with Crippen molar-refractivity contribution in [2.24, 2.45) is 5.41 Å². The molecule has 2 aromatic carbocycles. The number of β-amino-alcohol motifs (C(OH)–C–C–N with tert-alkyl or cyclic N) is 1. The molecule has 8 nitrogen and oxygen atoms in total. The Hall–Kier alpha value is -3.41. The maximum Gasteiger partial charge on any atom is 0.256 e. The summed E-state index contributed by atoms with van der Waals surface area (Å²) < 4.78 is 0. The van der Waals surface area contributed by atoms with Crippen molar-refractivity contribution in [1.29, 1.82) is 0 Å². The third-order valence-corrected chi connectivity index (χ3v) is 9.74. The highest BCUT2D eigenvalue weighted by atomic mass is 16.3. The number of aliphatic hydroxyl groups excluding tert-OH is 1. The van der Waals surface area contributed by atoms with Crippen molar-refractivity contribution >= 4 is 17.5 Å². The summed E-state index contributed by atoms with van der Waals surface area (Å²) in [4.78, 5) is 36.7. The fourth-order valence-corrected chi connectivity index (χ4v) is 7.15. The van der Waals surface area contributed by atoms with Crippen molar-refractivity contribution < 1.29 is 14.7 Å². The smallest absolute Gasteiger partial charge is 0.256 e. The molecule has 2 amide bonds. The first-order valence-corrected chi connectivity index (χ1v) is 14.7. The topological polar surface area (TPSA) is 80.5 Å². The van der Waals surface area contributed by atoms with Gasteiger partial charge >= 0.3 is 0 Å². The van der Waals surface area contributed by atoms with Gasteiger partial charge in [-0.25, -0.2) is 6.57 Å². The second-order valence-corrected chi connectivity index (χ2v) is 12.1. The molecule has 4 aliphatic rings. The predicted octanol–water partition coefficient (Wildman–Crippen LogP) is 3.35. The van der Waals surface area contributed by atoms with E-state index in [-0.39, 0.29) is 35.9 Å². The molecule has 3 heterocycles. The standard InChI is InChI=1S/C32H39N5O3/c1-3-35-14-15-37(21-29(38)27-16-22-6-4-5-7-24(22)20-34-27)31(40)26-9-8-23(17-28(26)35)30(39)36-12-10-32(11-13-36)18-25(19-32)33-2/h4-9,17,25,27,29,34,38H,3,10-16,18-21H2,1H3/t27-,29-/m0/s1. The van der Waals surface area contributed by atoms with Gasteiger partial charge in [-0.2, -0.15) is 0 Å². The molecule has 1 spiro atoms. The molecule has 0 radical (unpaired) electrons. The number of hydrogen-bond donors (Lipinski definition) is 2. The number of aliphatic hydroxyl groups is 1. The lowest BCUT2D eigenvalue weighted by Gasteiger charge is -2.47. The van der Waals surface area contributed by atoms with E-state index < -0.39 is 6.10 Å². The van der Waals surface area contributed by atoms with Crippen LogP contribution in [0.3, 0.4) is 0 Å². The zero-order chi connectivity index (χ0) is 27.9. The van der Waals surface area contributed by atoms with E-state index in [1.165, 1.54) is 11.1 Å². The molecule has 1 saturated heterocycles. The molecular formula is C32H39N5O3. The van der Waals surface area contributed by atoms with Crippen molar-refractivity contribution in [2.45, 2.75) is 63.8 Å². The van der Waals surface area contributed by atoms with Crippen LogP contribution in [0.2, 0.25) is 0 Å². The molecule has 2 N–H and O–H groups in total. The lowest BCUT2D eigenvalue weighted by Crippen LogP contribution is -2.50. The first-order valence-electron chi connectivity index (χ1n) is 14.7. The van der Waals surface area contributed by atoms with Gasteiger partial charge in [0.05, 0.1) is 17.4 Å². The Labute approximate surface area is 236 Å². The van der Waals surface area contributed by atoms with Crippen molar-refractivity contribution in [1.82, 2.24) is 15.1 Å². The predicted molar refractivity (Wildman–Crippen MR) is 154 cm³/mol. The average Bonchev–Trinajstić information content (AvgIpc) is 3.10. The number of fused-ring (bicyclic) bond motifs is 2. The molecule has 40 heavy (non-hydrogen) atoms. The summed E-state index contributed by atoms with van der Waals surface area (Å²) in [5.74, 6) is -0.0816. The van der Waals surface area contributed by atoms with Crippen LogP contribution in [0.1, 0.15) is 64.4 Å². The molecule has 210 valence electrons. The molecule has 6 rings (SSSR count). The van der Waals surface area contributed by atoms with Gasteiger partial charge in [-0.1, -0.05) is 24.3 Å². The van der Waals surface area contributed by atoms with Crippen molar-refractivity contribution in [3.8, 4) is 0 Å². The van der Waals surface area contributed by atoms with Gasteiger partial charge in [-0.15, -0.1) is 0 Å². The van der Waals surface area contributed by atoms with E-state index >= 15 is 0 Å². The molecule has 8 heteroatoms. The summed E-state index contributed by atoms with van der Waals surface area (Å²) in [7, 11) is 0. The van der Waals surface area contributed by atoms with Gasteiger partial charge in [-0.05, 0) is 60.9 Å². The van der Waals surface area contributed by atoms with Crippen LogP contribution in [0.15, 0.2) is 42.5 Å². The highest BCUT2D eigenvalue weighted by Gasteiger charge is 2.50. The van der Waals surface area contributed by atoms with E-state index in [4.69, 9.17) is 6.57 Å². The van der Waals surface area contributed by atoms with Crippen molar-refractivity contribution in [2.75, 3.05) is 44.2 Å². The number of likely N-dealkylation sites (N-methyl/N-ethyl adjacent to an activating group) is 1. The minimum absolute atomic E-state index is 0.0161. The number of rotatable bonds is 5. The summed E-state index contributed by atoms with van der Waals surface area (Å²) in [5.41, 5.74) is 4.77. The number of likely N-dealkylation sites (tertiary alicyclic amines) is 1. The second-order valence-electron chi connectivity index (χ2n) is 12.1. The number of hydrogen-bond acceptors (Lipinski definition) is 5. The van der Waals surface area contributed by atoms with E-state index in [9.17, 15) is 14.7 Å². The van der Waals surface area contributed by atoms with Gasteiger partial charge in [-0.3, -0.25) is 9.59 Å². The van der Waals surface area contributed by atoms with E-state index in [2.05, 4.69) is 34.1 Å². The lowest BCUT2D eigenvalue weighted by molar-refractivity contribution is 0.0250. The fourth-order valence-electron chi connectivity index (χ4n) is 7.15. The molecule has 3 aliphatic heterocycles. The monoisotopic (exact) mass is 541 g/mol. The Balaban J connectivity index is 1.14. The normalized spacial score (nSPS) is 23.1. The number of nitrogens with one attached hydrogen (secondary N) is 1. The fraction of sp³-hybridized carbons (Fsp3) is 0.531. The summed E-state index contributed by atoms with van der Waals surface area (Å²) >= 11 is 0. The minimum Gasteiger partial charge on any atom is -0.390 e. The number of anilines is 1. The maximum absolute atomic E-state index is 13.7. The first kappa shape index (κ1) is 26.8. The Morgan fingerprint density at radius 2 is 1.82 bits per heavy atom. The Kier molecular flexibility index (Phi) is 7.28. The summed E-state index contributed by atoms with van der Waals surface area (Å²) in [6.45, 7) is 13.6. The number of nitrogens with zero attached hydrogens (tertiary/aromatic N) is 4. The average molecular weight is 542 g/mol. The van der Waals surface area contributed by atoms with Crippen LogP contribution in [0.4, 0.5) is 5.69 Å². The highest BCUT2D eigenvalue weighted by molar-refractivity contribution is 6.03. The van der Waals surface area contributed by atoms with E-state index in [0.717, 1.165) is 57.4 Å². The zero-order valence-corrected chi connectivity index (χ0v) is 23.3. The molecular weight excluding hydrogens is 502 g/mol. The quantitative estimate of drug-likeness (QED) is 0.568. The first-order chi connectivity index (χ1) is 19.4. The third-order valence-electron chi connectivity index (χ3n) is 9.74. The summed E-state index contributed by atoms with van der Waals surface area (Å²) in [6, 6.07) is 13.8. The number of amides is 2. The van der Waals surface area contributed by atoms with Crippen molar-refractivity contribution in [3.05, 3.63) is 76.1 Å². The molecule has 2 atom stereocenters. The van der Waals surface area contributed by atoms with Gasteiger partial charge < -0.3 is 30.0 Å². The van der Waals surface area contributed by atoms with E-state index in [1.807, 2.05) is 23.1 Å². The van der Waals surface area contributed by atoms with Crippen LogP contribution < -0.4 is 10.2 Å². The molecule has 0 unspecified atom stereocenters. The van der Waals surface area contributed by atoms with Crippen LogP contribution in [0.5, 0.6) is 0 Å². The largest absolute Gasteiger partial charge is 0.390 e. The van der Waals surface area contributed by atoms with Crippen molar-refractivity contribution in [3.63, 3.8) is 0 Å². The van der Waals surface area contributed by atoms with Gasteiger partial charge in [0.2, 0.25) is 6.04 Å². The Morgan fingerprint density at radius 1 is 1.10 bits per heavy atom. The van der Waals surface area contributed by atoms with Crippen LogP contribution in [0, 0.1) is 12.0 Å². The van der Waals surface area contributed by atoms with E-state index in [0.29, 0.717) is 30.8 Å². The Bertz CT molecular complexity index is 1320. The summed E-state index contributed by atoms with van der Waals surface area (Å²) in [5, 5.41) is 14.6. The van der Waals surface area contributed by atoms with Crippen LogP contribution in [-0.2, 0) is 13.0 Å². The summed E-state index contributed by atoms with van der Waals surface area (Å²) in [6.07, 6.45) is 3.93. The zero-order valence-electron chi connectivity index (χ0n) is 23.3. The molecule has 1 aliphatic carbocycles. The molecule has 0 aromatic heterocycles. The molecule has 2 fully saturated rings. The van der Waals surface area contributed by atoms with E-state index in [1.54, 1.807) is 17.0 Å². The third kappa shape index (κ3) is 4.97. The molecule has 1 saturated carbocycles. The number of benzene rings is 2. The maximum atomic E-state index is 13.7. The van der Waals surface area contributed by atoms with Gasteiger partial charge in [0.15, 0.2) is 0 Å². The van der Waals surface area contributed by atoms with Gasteiger partial charge in [0, 0.05) is 70.3 Å². The molecule has 0 bridgehead atoms.